The molecule has 2 heterocycles. The summed E-state index contributed by atoms with van der Waals surface area (Å²) in [5, 5.41) is 0.771. The molecule has 3 rings (SSSR count). The van der Waals surface area contributed by atoms with Crippen LogP contribution in [0, 0.1) is 13.8 Å². The third kappa shape index (κ3) is 3.97. The van der Waals surface area contributed by atoms with E-state index < -0.39 is 0 Å². The van der Waals surface area contributed by atoms with Gasteiger partial charge in [0.1, 0.15) is 6.54 Å². The van der Waals surface area contributed by atoms with Gasteiger partial charge in [0.05, 0.1) is 26.2 Å². The Morgan fingerprint density at radius 3 is 2.46 bits per heavy atom. The highest BCUT2D eigenvalue weighted by Crippen LogP contribution is 2.21. The lowest BCUT2D eigenvalue weighted by Crippen LogP contribution is -3.15. The van der Waals surface area contributed by atoms with Gasteiger partial charge >= 0.3 is 0 Å². The van der Waals surface area contributed by atoms with E-state index in [2.05, 4.69) is 49.3 Å². The molecule has 0 saturated carbocycles. The monoisotopic (exact) mass is 374 g/mol. The van der Waals surface area contributed by atoms with Crippen molar-refractivity contribution in [2.75, 3.05) is 37.6 Å². The zero-order chi connectivity index (χ0) is 18.8. The lowest BCUT2D eigenvalue weighted by Gasteiger charge is -2.33. The van der Waals surface area contributed by atoms with E-state index in [4.69, 9.17) is 11.6 Å². The smallest absolute Gasteiger partial charge is 0.218 e. The number of ketones is 1. The number of carbonyl (C=O) groups excluding carboxylic acids is 1. The van der Waals surface area contributed by atoms with E-state index in [1.165, 1.54) is 16.3 Å². The van der Waals surface area contributed by atoms with Gasteiger partial charge in [-0.1, -0.05) is 17.7 Å². The summed E-state index contributed by atoms with van der Waals surface area (Å²) in [5.74, 6) is 0.260. The van der Waals surface area contributed by atoms with Gasteiger partial charge in [-0.25, -0.2) is 0 Å². The fourth-order valence-corrected chi connectivity index (χ4v) is 4.29. The van der Waals surface area contributed by atoms with Gasteiger partial charge in [0.15, 0.2) is 0 Å². The van der Waals surface area contributed by atoms with Crippen LogP contribution in [0.25, 0.3) is 0 Å². The number of nitrogens with one attached hydrogen (secondary N) is 1. The zero-order valence-electron chi connectivity index (χ0n) is 16.2. The van der Waals surface area contributed by atoms with E-state index in [1.54, 1.807) is 0 Å². The Morgan fingerprint density at radius 1 is 1.19 bits per heavy atom. The van der Waals surface area contributed by atoms with Crippen LogP contribution in [-0.4, -0.2) is 43.1 Å². The SMILES string of the molecule is Cc1cc(C(=O)C[NH+]2CCN(c3cccc(Cl)c3)CC2)c(C)n1C(C)C. The number of hydrogen-bond acceptors (Lipinski definition) is 2. The summed E-state index contributed by atoms with van der Waals surface area (Å²) in [6.07, 6.45) is 0. The number of piperazine rings is 1. The average molecular weight is 375 g/mol. The van der Waals surface area contributed by atoms with Crippen molar-refractivity contribution in [3.05, 3.63) is 52.3 Å². The molecule has 1 fully saturated rings. The molecule has 1 aliphatic heterocycles. The van der Waals surface area contributed by atoms with Crippen molar-refractivity contribution in [1.82, 2.24) is 4.57 Å². The number of benzene rings is 1. The first-order chi connectivity index (χ1) is 12.4. The highest BCUT2D eigenvalue weighted by molar-refractivity contribution is 6.30. The van der Waals surface area contributed by atoms with Gasteiger partial charge in [-0.2, -0.15) is 0 Å². The largest absolute Gasteiger partial charge is 0.360 e. The number of carbonyl (C=O) groups is 1. The van der Waals surface area contributed by atoms with Crippen molar-refractivity contribution in [2.45, 2.75) is 33.7 Å². The van der Waals surface area contributed by atoms with Gasteiger partial charge in [-0.15, -0.1) is 0 Å². The van der Waals surface area contributed by atoms with Crippen LogP contribution in [0.2, 0.25) is 5.02 Å². The minimum atomic E-state index is 0.260. The molecule has 2 aromatic rings. The molecule has 1 saturated heterocycles. The second kappa shape index (κ2) is 7.85. The molecule has 0 spiro atoms. The summed E-state index contributed by atoms with van der Waals surface area (Å²) in [5.41, 5.74) is 4.32. The third-order valence-electron chi connectivity index (χ3n) is 5.36. The molecule has 0 amide bonds. The lowest BCUT2D eigenvalue weighted by atomic mass is 10.1. The first-order valence-corrected chi connectivity index (χ1v) is 9.80. The fraction of sp³-hybridized carbons (Fsp3) is 0.476. The molecule has 0 aliphatic carbocycles. The summed E-state index contributed by atoms with van der Waals surface area (Å²) >= 11 is 6.10. The van der Waals surface area contributed by atoms with E-state index in [0.717, 1.165) is 42.5 Å². The molecule has 0 atom stereocenters. The quantitative estimate of drug-likeness (QED) is 0.815. The van der Waals surface area contributed by atoms with Crippen molar-refractivity contribution < 1.29 is 9.69 Å². The van der Waals surface area contributed by atoms with Crippen LogP contribution in [0.3, 0.4) is 0 Å². The van der Waals surface area contributed by atoms with Gasteiger partial charge in [-0.05, 0) is 52.0 Å². The number of Topliss-reactive ketones (excluding diaryl/α,β-unsaturated/α-hetero) is 1. The Labute approximate surface area is 161 Å². The lowest BCUT2D eigenvalue weighted by molar-refractivity contribution is -0.892. The van der Waals surface area contributed by atoms with E-state index in [9.17, 15) is 4.79 Å². The Balaban J connectivity index is 1.61. The summed E-state index contributed by atoms with van der Waals surface area (Å²) in [6.45, 7) is 12.9. The molecular weight excluding hydrogens is 346 g/mol. The number of hydrogen-bond donors (Lipinski definition) is 1. The Morgan fingerprint density at radius 2 is 1.88 bits per heavy atom. The number of halogens is 1. The van der Waals surface area contributed by atoms with Crippen molar-refractivity contribution in [3.8, 4) is 0 Å². The maximum atomic E-state index is 12.9. The maximum Gasteiger partial charge on any atom is 0.218 e. The molecule has 1 aromatic heterocycles. The summed E-state index contributed by atoms with van der Waals surface area (Å²) < 4.78 is 2.25. The number of quaternary nitrogens is 1. The Bertz CT molecular complexity index is 789. The molecule has 1 aromatic carbocycles. The predicted molar refractivity (Wildman–Crippen MR) is 108 cm³/mol. The maximum absolute atomic E-state index is 12.9. The van der Waals surface area contributed by atoms with Crippen molar-refractivity contribution in [1.29, 1.82) is 0 Å². The molecule has 5 heteroatoms. The van der Waals surface area contributed by atoms with Crippen LogP contribution in [0.15, 0.2) is 30.3 Å². The molecule has 0 unspecified atom stereocenters. The summed E-state index contributed by atoms with van der Waals surface area (Å²) in [6, 6.07) is 10.4. The van der Waals surface area contributed by atoms with Crippen molar-refractivity contribution in [2.24, 2.45) is 0 Å². The first-order valence-electron chi connectivity index (χ1n) is 9.42. The van der Waals surface area contributed by atoms with Crippen LogP contribution >= 0.6 is 11.6 Å². The van der Waals surface area contributed by atoms with Gasteiger partial charge in [0.25, 0.3) is 0 Å². The Hall–Kier alpha value is -1.78. The van der Waals surface area contributed by atoms with E-state index in [-0.39, 0.29) is 5.78 Å². The van der Waals surface area contributed by atoms with Crippen LogP contribution in [0.1, 0.15) is 41.6 Å². The van der Waals surface area contributed by atoms with E-state index in [1.807, 2.05) is 18.2 Å². The van der Waals surface area contributed by atoms with Gasteiger partial charge in [-0.3, -0.25) is 4.79 Å². The third-order valence-corrected chi connectivity index (χ3v) is 5.59. The molecule has 4 nitrogen and oxygen atoms in total. The minimum absolute atomic E-state index is 0.260. The normalized spacial score (nSPS) is 15.7. The number of anilines is 1. The van der Waals surface area contributed by atoms with Crippen LogP contribution in [0.4, 0.5) is 5.69 Å². The minimum Gasteiger partial charge on any atom is -0.360 e. The molecular formula is C21H29ClN3O+. The highest BCUT2D eigenvalue weighted by Gasteiger charge is 2.25. The van der Waals surface area contributed by atoms with Crippen molar-refractivity contribution >= 4 is 23.1 Å². The molecule has 1 N–H and O–H groups in total. The molecule has 140 valence electrons. The molecule has 0 bridgehead atoms. The van der Waals surface area contributed by atoms with Crippen molar-refractivity contribution in [3.63, 3.8) is 0 Å². The standard InChI is InChI=1S/C21H28ClN3O/c1-15(2)25-16(3)12-20(17(25)4)21(26)14-23-8-10-24(11-9-23)19-7-5-6-18(22)13-19/h5-7,12-13,15H,8-11,14H2,1-4H3/p+1. The zero-order valence-corrected chi connectivity index (χ0v) is 16.9. The van der Waals surface area contributed by atoms with Gasteiger partial charge < -0.3 is 14.4 Å². The van der Waals surface area contributed by atoms with Crippen LogP contribution < -0.4 is 9.80 Å². The van der Waals surface area contributed by atoms with E-state index in [0.29, 0.717) is 12.6 Å². The number of aromatic nitrogens is 1. The van der Waals surface area contributed by atoms with E-state index >= 15 is 0 Å². The Kier molecular flexibility index (Phi) is 5.73. The van der Waals surface area contributed by atoms with Gasteiger partial charge in [0.2, 0.25) is 5.78 Å². The summed E-state index contributed by atoms with van der Waals surface area (Å²) in [7, 11) is 0. The highest BCUT2D eigenvalue weighted by atomic mass is 35.5. The number of aryl methyl sites for hydroxylation is 1. The molecule has 1 aliphatic rings. The fourth-order valence-electron chi connectivity index (χ4n) is 4.11. The number of rotatable bonds is 5. The first kappa shape index (κ1) is 19.0. The van der Waals surface area contributed by atoms with Crippen LogP contribution in [-0.2, 0) is 0 Å². The number of nitrogens with zero attached hydrogens (tertiary/aromatic N) is 2. The van der Waals surface area contributed by atoms with Gasteiger partial charge in [0, 0.05) is 33.7 Å². The topological polar surface area (TPSA) is 29.7 Å². The predicted octanol–water partition coefficient (Wildman–Crippen LogP) is 2.93. The molecule has 26 heavy (non-hydrogen) atoms. The second-order valence-electron chi connectivity index (χ2n) is 7.57. The average Bonchev–Trinajstić information content (AvgIpc) is 2.90. The van der Waals surface area contributed by atoms with Crippen LogP contribution in [0.5, 0.6) is 0 Å². The summed E-state index contributed by atoms with van der Waals surface area (Å²) in [4.78, 5) is 16.6. The molecule has 0 radical (unpaired) electrons. The second-order valence-corrected chi connectivity index (χ2v) is 8.00.